The summed E-state index contributed by atoms with van der Waals surface area (Å²) in [5.74, 6) is 0.691. The molecule has 2 aromatic rings. The highest BCUT2D eigenvalue weighted by atomic mass is 16.5. The van der Waals surface area contributed by atoms with Gasteiger partial charge in [0.15, 0.2) is 0 Å². The third-order valence-electron chi connectivity index (χ3n) is 4.64. The summed E-state index contributed by atoms with van der Waals surface area (Å²) < 4.78 is 11.4. The Morgan fingerprint density at radius 1 is 1.17 bits per heavy atom. The van der Waals surface area contributed by atoms with Crippen molar-refractivity contribution in [3.8, 4) is 5.75 Å². The van der Waals surface area contributed by atoms with Crippen LogP contribution in [0.15, 0.2) is 36.4 Å². The van der Waals surface area contributed by atoms with Gasteiger partial charge in [-0.15, -0.1) is 0 Å². The van der Waals surface area contributed by atoms with Gasteiger partial charge in [-0.05, 0) is 38.8 Å². The van der Waals surface area contributed by atoms with Crippen LogP contribution in [0, 0.1) is 0 Å². The van der Waals surface area contributed by atoms with Crippen LogP contribution in [0.5, 0.6) is 5.75 Å². The molecule has 0 radical (unpaired) electrons. The van der Waals surface area contributed by atoms with Crippen molar-refractivity contribution in [1.82, 2.24) is 0 Å². The lowest BCUT2D eigenvalue weighted by atomic mass is 10.0. The Balaban J connectivity index is 2.39. The molecular weight excluding hydrogens is 302 g/mol. The predicted molar refractivity (Wildman–Crippen MR) is 98.7 cm³/mol. The zero-order valence-electron chi connectivity index (χ0n) is 15.2. The molecule has 2 aromatic carbocycles. The third kappa shape index (κ3) is 3.70. The maximum atomic E-state index is 12.6. The highest BCUT2D eigenvalue weighted by Gasteiger charge is 2.31. The molecule has 0 saturated carbocycles. The van der Waals surface area contributed by atoms with Gasteiger partial charge in [0.05, 0.1) is 6.10 Å². The van der Waals surface area contributed by atoms with E-state index in [1.165, 1.54) is 0 Å². The van der Waals surface area contributed by atoms with Gasteiger partial charge in [-0.2, -0.15) is 0 Å². The van der Waals surface area contributed by atoms with Gasteiger partial charge in [-0.1, -0.05) is 38.1 Å². The lowest BCUT2D eigenvalue weighted by Crippen LogP contribution is -2.41. The number of nitrogens with one attached hydrogen (secondary N) is 1. The Morgan fingerprint density at radius 3 is 2.42 bits per heavy atom. The first-order chi connectivity index (χ1) is 11.4. The molecule has 1 N–H and O–H groups in total. The number of anilines is 1. The molecule has 0 saturated heterocycles. The monoisotopic (exact) mass is 329 g/mol. The van der Waals surface area contributed by atoms with E-state index in [2.05, 4.69) is 19.2 Å². The number of fused-ring (bicyclic) bond motifs is 1. The molecule has 24 heavy (non-hydrogen) atoms. The van der Waals surface area contributed by atoms with Crippen LogP contribution >= 0.6 is 0 Å². The van der Waals surface area contributed by atoms with Crippen molar-refractivity contribution in [2.45, 2.75) is 52.2 Å². The van der Waals surface area contributed by atoms with Crippen LogP contribution in [0.25, 0.3) is 10.8 Å². The lowest BCUT2D eigenvalue weighted by molar-refractivity contribution is -0.136. The molecule has 1 amide bonds. The molecule has 2 atom stereocenters. The molecule has 0 fully saturated rings. The van der Waals surface area contributed by atoms with Crippen molar-refractivity contribution in [2.75, 3.05) is 12.4 Å². The summed E-state index contributed by atoms with van der Waals surface area (Å²) in [4.78, 5) is 12.6. The summed E-state index contributed by atoms with van der Waals surface area (Å²) in [6.07, 6.45) is 1.68. The maximum Gasteiger partial charge on any atom is 0.256 e. The van der Waals surface area contributed by atoms with Crippen molar-refractivity contribution in [1.29, 1.82) is 0 Å². The first-order valence-electron chi connectivity index (χ1n) is 8.50. The van der Waals surface area contributed by atoms with Crippen LogP contribution in [0.1, 0.15) is 40.5 Å². The Bertz CT molecular complexity index is 707. The van der Waals surface area contributed by atoms with Gasteiger partial charge >= 0.3 is 0 Å². The molecule has 0 aromatic heterocycles. The molecule has 0 unspecified atom stereocenters. The van der Waals surface area contributed by atoms with Crippen LogP contribution in [0.4, 0.5) is 5.69 Å². The summed E-state index contributed by atoms with van der Waals surface area (Å²) in [5.41, 5.74) is -0.0728. The van der Waals surface area contributed by atoms with Crippen LogP contribution in [-0.4, -0.2) is 24.7 Å². The molecule has 0 aliphatic heterocycles. The van der Waals surface area contributed by atoms with Crippen LogP contribution < -0.4 is 10.1 Å². The number of benzene rings is 2. The maximum absolute atomic E-state index is 12.6. The highest BCUT2D eigenvalue weighted by Crippen LogP contribution is 2.33. The smallest absolute Gasteiger partial charge is 0.256 e. The molecule has 4 nitrogen and oxygen atoms in total. The second kappa shape index (κ2) is 7.67. The molecular formula is C20H27NO3. The quantitative estimate of drug-likeness (QED) is 0.796. The largest absolute Gasteiger partial charge is 0.490 e. The van der Waals surface area contributed by atoms with Gasteiger partial charge in [0.25, 0.3) is 5.91 Å². The summed E-state index contributed by atoms with van der Waals surface area (Å²) in [6.45, 7) is 7.88. The summed E-state index contributed by atoms with van der Waals surface area (Å²) in [7, 11) is 1.56. The van der Waals surface area contributed by atoms with Crippen LogP contribution in [0.3, 0.4) is 0 Å². The van der Waals surface area contributed by atoms with Gasteiger partial charge in [0.1, 0.15) is 11.4 Å². The van der Waals surface area contributed by atoms with Crippen molar-refractivity contribution < 1.29 is 14.3 Å². The average molecular weight is 329 g/mol. The Kier molecular flexibility index (Phi) is 5.84. The minimum absolute atomic E-state index is 0.144. The zero-order chi connectivity index (χ0) is 17.7. The molecule has 0 bridgehead atoms. The molecule has 0 aliphatic carbocycles. The molecule has 0 heterocycles. The molecule has 0 aliphatic rings. The van der Waals surface area contributed by atoms with E-state index in [0.29, 0.717) is 6.42 Å². The van der Waals surface area contributed by atoms with E-state index in [1.807, 2.05) is 43.3 Å². The van der Waals surface area contributed by atoms with E-state index in [9.17, 15) is 4.79 Å². The van der Waals surface area contributed by atoms with E-state index in [1.54, 1.807) is 14.0 Å². The molecule has 0 spiro atoms. The lowest BCUT2D eigenvalue weighted by Gasteiger charge is -2.25. The Hall–Kier alpha value is -2.07. The minimum Gasteiger partial charge on any atom is -0.490 e. The number of amides is 1. The topological polar surface area (TPSA) is 47.6 Å². The molecule has 4 heteroatoms. The second-order valence-electron chi connectivity index (χ2n) is 6.24. The molecule has 130 valence electrons. The number of ether oxygens (including phenoxy) is 2. The fraction of sp³-hybridized carbons (Fsp3) is 0.450. The first kappa shape index (κ1) is 18.3. The number of methoxy groups -OCH3 is 1. The van der Waals surface area contributed by atoms with E-state index in [-0.39, 0.29) is 12.0 Å². The van der Waals surface area contributed by atoms with Gasteiger partial charge in [-0.3, -0.25) is 4.79 Å². The van der Waals surface area contributed by atoms with E-state index >= 15 is 0 Å². The fourth-order valence-corrected chi connectivity index (χ4v) is 2.44. The number of rotatable bonds is 7. The number of hydrogen-bond donors (Lipinski definition) is 1. The van der Waals surface area contributed by atoms with Crippen LogP contribution in [-0.2, 0) is 9.53 Å². The van der Waals surface area contributed by atoms with Crippen molar-refractivity contribution in [2.24, 2.45) is 0 Å². The number of carbonyl (C=O) groups excluding carboxylic acids is 1. The first-order valence-corrected chi connectivity index (χ1v) is 8.50. The predicted octanol–water partition coefficient (Wildman–Crippen LogP) is 4.77. The van der Waals surface area contributed by atoms with Gasteiger partial charge < -0.3 is 14.8 Å². The van der Waals surface area contributed by atoms with Crippen molar-refractivity contribution in [3.05, 3.63) is 36.4 Å². The van der Waals surface area contributed by atoms with Crippen molar-refractivity contribution >= 4 is 22.4 Å². The fourth-order valence-electron chi connectivity index (χ4n) is 2.44. The van der Waals surface area contributed by atoms with E-state index in [0.717, 1.165) is 28.6 Å². The second-order valence-corrected chi connectivity index (χ2v) is 6.24. The third-order valence-corrected chi connectivity index (χ3v) is 4.64. The Morgan fingerprint density at radius 2 is 1.83 bits per heavy atom. The summed E-state index contributed by atoms with van der Waals surface area (Å²) in [5, 5.41) is 4.95. The van der Waals surface area contributed by atoms with E-state index < -0.39 is 5.60 Å². The number of hydrogen-bond acceptors (Lipinski definition) is 3. The summed E-state index contributed by atoms with van der Waals surface area (Å²) in [6, 6.07) is 11.7. The zero-order valence-corrected chi connectivity index (χ0v) is 15.2. The average Bonchev–Trinajstić information content (AvgIpc) is 2.62. The van der Waals surface area contributed by atoms with Gasteiger partial charge in [-0.25, -0.2) is 0 Å². The highest BCUT2D eigenvalue weighted by molar-refractivity contribution is 6.06. The van der Waals surface area contributed by atoms with Gasteiger partial charge in [0.2, 0.25) is 0 Å². The SMILES string of the molecule is CC[C@@H](C)Oc1ccc(NC(=O)[C@@](C)(CC)OC)c2ccccc12. The van der Waals surface area contributed by atoms with E-state index in [4.69, 9.17) is 9.47 Å². The summed E-state index contributed by atoms with van der Waals surface area (Å²) >= 11 is 0. The Labute approximate surface area is 144 Å². The normalized spacial score (nSPS) is 14.9. The number of carbonyl (C=O) groups is 1. The van der Waals surface area contributed by atoms with Crippen LogP contribution in [0.2, 0.25) is 0 Å². The van der Waals surface area contributed by atoms with Gasteiger partial charge in [0, 0.05) is 23.6 Å². The minimum atomic E-state index is -0.840. The van der Waals surface area contributed by atoms with Crippen molar-refractivity contribution in [3.63, 3.8) is 0 Å². The molecule has 2 rings (SSSR count). The standard InChI is InChI=1S/C20H27NO3/c1-6-14(3)24-18-13-12-17(15-10-8-9-11-16(15)18)21-19(22)20(4,7-2)23-5/h8-14H,6-7H2,1-5H3,(H,21,22)/t14-,20-/m1/s1.